The van der Waals surface area contributed by atoms with Gasteiger partial charge in [-0.25, -0.2) is 9.18 Å². The molecule has 0 bridgehead atoms. The smallest absolute Gasteiger partial charge is 0.407 e. The summed E-state index contributed by atoms with van der Waals surface area (Å²) in [5.41, 5.74) is 1.71. The number of fused-ring (bicyclic) bond motifs is 1. The number of thiophene rings is 1. The Kier molecular flexibility index (Phi) is 5.00. The van der Waals surface area contributed by atoms with Crippen molar-refractivity contribution in [3.05, 3.63) is 57.7 Å². The van der Waals surface area contributed by atoms with Crippen molar-refractivity contribution >= 4 is 34.4 Å². The Balaban J connectivity index is 1.77. The lowest BCUT2D eigenvalue weighted by atomic mass is 10.0. The van der Waals surface area contributed by atoms with Crippen molar-refractivity contribution in [3.8, 4) is 6.07 Å². The Labute approximate surface area is 152 Å². The molecule has 1 aromatic heterocycles. The zero-order chi connectivity index (χ0) is 18.7. The van der Waals surface area contributed by atoms with Crippen LogP contribution in [0.3, 0.4) is 0 Å². The van der Waals surface area contributed by atoms with Gasteiger partial charge in [0.25, 0.3) is 0 Å². The molecule has 2 aromatic rings. The largest absolute Gasteiger partial charge is 0.465 e. The SMILES string of the molecule is N#Cc1c(NC(=O)C=Cc2cccc(F)c2)sc2c1CCN(C(=O)O)C2. The predicted molar refractivity (Wildman–Crippen MR) is 95.2 cm³/mol. The summed E-state index contributed by atoms with van der Waals surface area (Å²) in [6, 6.07) is 7.91. The van der Waals surface area contributed by atoms with Crippen LogP contribution in [0.1, 0.15) is 21.6 Å². The molecule has 132 valence electrons. The third-order valence-electron chi connectivity index (χ3n) is 3.95. The molecule has 0 fully saturated rings. The lowest BCUT2D eigenvalue weighted by Crippen LogP contribution is -2.34. The first-order valence-electron chi connectivity index (χ1n) is 7.75. The maximum absolute atomic E-state index is 13.1. The number of nitriles is 1. The number of nitrogens with one attached hydrogen (secondary N) is 1. The molecule has 3 rings (SSSR count). The number of hydrogen-bond donors (Lipinski definition) is 2. The van der Waals surface area contributed by atoms with Gasteiger partial charge in [-0.05, 0) is 35.8 Å². The van der Waals surface area contributed by atoms with Gasteiger partial charge in [-0.2, -0.15) is 5.26 Å². The second-order valence-corrected chi connectivity index (χ2v) is 6.76. The van der Waals surface area contributed by atoms with Gasteiger partial charge in [0.05, 0.1) is 12.1 Å². The van der Waals surface area contributed by atoms with Crippen LogP contribution < -0.4 is 5.32 Å². The molecule has 0 saturated carbocycles. The summed E-state index contributed by atoms with van der Waals surface area (Å²) < 4.78 is 13.1. The number of amides is 2. The highest BCUT2D eigenvalue weighted by atomic mass is 32.1. The molecule has 1 aliphatic rings. The topological polar surface area (TPSA) is 93.4 Å². The van der Waals surface area contributed by atoms with E-state index in [0.717, 1.165) is 10.4 Å². The second kappa shape index (κ2) is 7.37. The van der Waals surface area contributed by atoms with Crippen LogP contribution in [-0.4, -0.2) is 28.6 Å². The first kappa shape index (κ1) is 17.6. The van der Waals surface area contributed by atoms with E-state index in [-0.39, 0.29) is 6.54 Å². The van der Waals surface area contributed by atoms with Crippen LogP contribution in [0.15, 0.2) is 30.3 Å². The van der Waals surface area contributed by atoms with Gasteiger partial charge in [0.1, 0.15) is 16.9 Å². The van der Waals surface area contributed by atoms with Gasteiger partial charge in [-0.1, -0.05) is 12.1 Å². The van der Waals surface area contributed by atoms with Crippen molar-refractivity contribution in [1.29, 1.82) is 5.26 Å². The van der Waals surface area contributed by atoms with Crippen LogP contribution >= 0.6 is 11.3 Å². The standard InChI is InChI=1S/C18H14FN3O3S/c19-12-3-1-2-11(8-12)4-5-16(23)21-17-14(9-20)13-6-7-22(18(24)25)10-15(13)26-17/h1-5,8H,6-7,10H2,(H,21,23)(H,24,25). The highest BCUT2D eigenvalue weighted by molar-refractivity contribution is 7.16. The number of anilines is 1. The Hall–Kier alpha value is -3.18. The number of rotatable bonds is 3. The zero-order valence-corrected chi connectivity index (χ0v) is 14.3. The highest BCUT2D eigenvalue weighted by Crippen LogP contribution is 2.36. The minimum Gasteiger partial charge on any atom is -0.465 e. The fourth-order valence-corrected chi connectivity index (χ4v) is 3.93. The molecule has 26 heavy (non-hydrogen) atoms. The molecule has 2 N–H and O–H groups in total. The number of carbonyl (C=O) groups excluding carboxylic acids is 1. The Morgan fingerprint density at radius 3 is 2.92 bits per heavy atom. The van der Waals surface area contributed by atoms with Crippen molar-refractivity contribution in [2.75, 3.05) is 11.9 Å². The van der Waals surface area contributed by atoms with Crippen LogP contribution in [-0.2, 0) is 17.8 Å². The van der Waals surface area contributed by atoms with E-state index in [1.54, 1.807) is 12.1 Å². The van der Waals surface area contributed by atoms with Gasteiger partial charge in [-0.15, -0.1) is 11.3 Å². The maximum atomic E-state index is 13.1. The average Bonchev–Trinajstić information content (AvgIpc) is 2.96. The van der Waals surface area contributed by atoms with Gasteiger partial charge in [-0.3, -0.25) is 4.79 Å². The van der Waals surface area contributed by atoms with Gasteiger partial charge < -0.3 is 15.3 Å². The predicted octanol–water partition coefficient (Wildman–Crippen LogP) is 3.45. The fraction of sp³-hybridized carbons (Fsp3) is 0.167. The minimum absolute atomic E-state index is 0.207. The van der Waals surface area contributed by atoms with E-state index in [0.29, 0.717) is 29.1 Å². The van der Waals surface area contributed by atoms with Crippen LogP contribution in [0.4, 0.5) is 14.2 Å². The molecular formula is C18H14FN3O3S. The first-order valence-corrected chi connectivity index (χ1v) is 8.56. The monoisotopic (exact) mass is 371 g/mol. The average molecular weight is 371 g/mol. The molecule has 0 aliphatic carbocycles. The molecule has 0 saturated heterocycles. The highest BCUT2D eigenvalue weighted by Gasteiger charge is 2.27. The molecule has 0 radical (unpaired) electrons. The summed E-state index contributed by atoms with van der Waals surface area (Å²) >= 11 is 1.21. The number of nitrogens with zero attached hydrogens (tertiary/aromatic N) is 2. The quantitative estimate of drug-likeness (QED) is 0.808. The zero-order valence-electron chi connectivity index (χ0n) is 13.5. The van der Waals surface area contributed by atoms with Crippen molar-refractivity contribution in [3.63, 3.8) is 0 Å². The van der Waals surface area contributed by atoms with E-state index in [4.69, 9.17) is 5.11 Å². The maximum Gasteiger partial charge on any atom is 0.407 e. The Morgan fingerprint density at radius 2 is 2.23 bits per heavy atom. The Morgan fingerprint density at radius 1 is 1.42 bits per heavy atom. The third kappa shape index (κ3) is 3.73. The van der Waals surface area contributed by atoms with E-state index in [9.17, 15) is 19.2 Å². The lowest BCUT2D eigenvalue weighted by Gasteiger charge is -2.23. The Bertz CT molecular complexity index is 946. The summed E-state index contributed by atoms with van der Waals surface area (Å²) in [4.78, 5) is 25.3. The normalized spacial score (nSPS) is 13.3. The van der Waals surface area contributed by atoms with E-state index in [1.807, 2.05) is 0 Å². The summed E-state index contributed by atoms with van der Waals surface area (Å²) in [5.74, 6) is -0.840. The number of carbonyl (C=O) groups is 2. The summed E-state index contributed by atoms with van der Waals surface area (Å²) in [7, 11) is 0. The molecule has 1 aliphatic heterocycles. The minimum atomic E-state index is -1.01. The summed E-state index contributed by atoms with van der Waals surface area (Å²) in [5, 5.41) is 21.6. The van der Waals surface area contributed by atoms with Gasteiger partial charge in [0.15, 0.2) is 0 Å². The molecule has 0 atom stereocenters. The lowest BCUT2D eigenvalue weighted by molar-refractivity contribution is -0.111. The van der Waals surface area contributed by atoms with E-state index >= 15 is 0 Å². The third-order valence-corrected chi connectivity index (χ3v) is 5.08. The number of benzene rings is 1. The van der Waals surface area contributed by atoms with Gasteiger partial charge in [0.2, 0.25) is 5.91 Å². The molecule has 8 heteroatoms. The van der Waals surface area contributed by atoms with Crippen molar-refractivity contribution in [1.82, 2.24) is 4.90 Å². The van der Waals surface area contributed by atoms with Crippen LogP contribution in [0.25, 0.3) is 6.08 Å². The molecule has 6 nitrogen and oxygen atoms in total. The van der Waals surface area contributed by atoms with Crippen molar-refractivity contribution < 1.29 is 19.1 Å². The van der Waals surface area contributed by atoms with Crippen LogP contribution in [0.2, 0.25) is 0 Å². The van der Waals surface area contributed by atoms with Gasteiger partial charge in [0, 0.05) is 17.5 Å². The van der Waals surface area contributed by atoms with Crippen LogP contribution in [0, 0.1) is 17.1 Å². The number of hydrogen-bond acceptors (Lipinski definition) is 4. The molecule has 0 unspecified atom stereocenters. The summed E-state index contributed by atoms with van der Waals surface area (Å²) in [6.45, 7) is 0.527. The number of carboxylic acid groups (broad SMARTS) is 1. The number of halogens is 1. The van der Waals surface area contributed by atoms with Gasteiger partial charge >= 0.3 is 6.09 Å². The summed E-state index contributed by atoms with van der Waals surface area (Å²) in [6.07, 6.45) is 2.17. The van der Waals surface area contributed by atoms with E-state index in [1.165, 1.54) is 40.5 Å². The van der Waals surface area contributed by atoms with Crippen molar-refractivity contribution in [2.24, 2.45) is 0 Å². The van der Waals surface area contributed by atoms with E-state index in [2.05, 4.69) is 11.4 Å². The first-order chi connectivity index (χ1) is 12.5. The molecule has 2 amide bonds. The van der Waals surface area contributed by atoms with Crippen LogP contribution in [0.5, 0.6) is 0 Å². The molecule has 1 aromatic carbocycles. The fourth-order valence-electron chi connectivity index (χ4n) is 2.71. The molecule has 2 heterocycles. The molecule has 0 spiro atoms. The van der Waals surface area contributed by atoms with E-state index < -0.39 is 17.8 Å². The second-order valence-electron chi connectivity index (χ2n) is 5.65. The molecular weight excluding hydrogens is 357 g/mol. The van der Waals surface area contributed by atoms with Crippen molar-refractivity contribution in [2.45, 2.75) is 13.0 Å².